The first-order valence-corrected chi connectivity index (χ1v) is 8.46. The van der Waals surface area contributed by atoms with Gasteiger partial charge in [-0.3, -0.25) is 4.98 Å². The van der Waals surface area contributed by atoms with E-state index in [1.165, 1.54) is 0 Å². The Balaban J connectivity index is 2.00. The van der Waals surface area contributed by atoms with Crippen LogP contribution < -0.4 is 10.6 Å². The lowest BCUT2D eigenvalue weighted by molar-refractivity contribution is 0.0577. The molecule has 2 aromatic rings. The van der Waals surface area contributed by atoms with Gasteiger partial charge in [0.05, 0.1) is 18.3 Å². The van der Waals surface area contributed by atoms with Gasteiger partial charge in [-0.15, -0.1) is 0 Å². The Bertz CT molecular complexity index is 708. The van der Waals surface area contributed by atoms with Crippen molar-refractivity contribution < 1.29 is 14.3 Å². The van der Waals surface area contributed by atoms with Crippen molar-refractivity contribution in [1.29, 1.82) is 0 Å². The number of pyridine rings is 1. The fourth-order valence-electron chi connectivity index (χ4n) is 2.85. The van der Waals surface area contributed by atoms with Crippen LogP contribution in [0.4, 0.5) is 4.79 Å². The van der Waals surface area contributed by atoms with Gasteiger partial charge < -0.3 is 20.2 Å². The minimum absolute atomic E-state index is 0.0751. The van der Waals surface area contributed by atoms with E-state index in [9.17, 15) is 9.90 Å². The van der Waals surface area contributed by atoms with Crippen LogP contribution in [-0.2, 0) is 5.60 Å². The maximum atomic E-state index is 12.3. The summed E-state index contributed by atoms with van der Waals surface area (Å²) in [5.74, 6) is 1.56. The number of carbonyl (C=O) groups is 1. The molecule has 136 valence electrons. The van der Waals surface area contributed by atoms with Gasteiger partial charge in [0.2, 0.25) is 0 Å². The summed E-state index contributed by atoms with van der Waals surface area (Å²) in [6, 6.07) is 6.87. The van der Waals surface area contributed by atoms with Crippen LogP contribution in [0.15, 0.2) is 34.9 Å². The number of hydrogen-bond acceptors (Lipinski definition) is 4. The molecule has 2 rings (SSSR count). The minimum atomic E-state index is -1.21. The van der Waals surface area contributed by atoms with Gasteiger partial charge in [-0.25, -0.2) is 4.79 Å². The number of aliphatic hydroxyl groups is 1. The predicted molar refractivity (Wildman–Crippen MR) is 96.1 cm³/mol. The molecule has 3 N–H and O–H groups in total. The number of urea groups is 1. The van der Waals surface area contributed by atoms with E-state index in [1.807, 2.05) is 39.0 Å². The monoisotopic (exact) mass is 345 g/mol. The fraction of sp³-hybridized carbons (Fsp3) is 0.474. The Labute approximate surface area is 148 Å². The number of amides is 2. The van der Waals surface area contributed by atoms with Crippen molar-refractivity contribution in [2.45, 2.75) is 46.3 Å². The van der Waals surface area contributed by atoms with Crippen LogP contribution in [0.3, 0.4) is 0 Å². The number of nitrogens with one attached hydrogen (secondary N) is 2. The van der Waals surface area contributed by atoms with Crippen molar-refractivity contribution in [3.8, 4) is 0 Å². The SMILES string of the molecule is Cc1cc([C@](C)(O)CNC(=O)N[C@H](c2ccccn2)C(C)C)c(C)o1. The third-order valence-electron chi connectivity index (χ3n) is 4.17. The highest BCUT2D eigenvalue weighted by Crippen LogP contribution is 2.26. The maximum absolute atomic E-state index is 12.3. The second-order valence-corrected chi connectivity index (χ2v) is 6.90. The standard InChI is InChI=1S/C19H27N3O3/c1-12(2)17(16-8-6-7-9-20-16)22-18(23)21-11-19(5,24)15-10-13(3)25-14(15)4/h6-10,12,17,24H,11H2,1-5H3,(H2,21,22,23)/t17-,19+/m0/s1. The zero-order chi connectivity index (χ0) is 18.6. The van der Waals surface area contributed by atoms with Crippen molar-refractivity contribution in [3.05, 3.63) is 53.2 Å². The molecule has 2 atom stereocenters. The average Bonchev–Trinajstić information content (AvgIpc) is 2.90. The molecule has 0 aromatic carbocycles. The molecular formula is C19H27N3O3. The summed E-state index contributed by atoms with van der Waals surface area (Å²) in [5, 5.41) is 16.3. The van der Waals surface area contributed by atoms with Gasteiger partial charge in [0.25, 0.3) is 0 Å². The third kappa shape index (κ3) is 4.82. The summed E-state index contributed by atoms with van der Waals surface area (Å²) in [5.41, 5.74) is 0.272. The van der Waals surface area contributed by atoms with E-state index in [1.54, 1.807) is 26.1 Å². The highest BCUT2D eigenvalue weighted by molar-refractivity contribution is 5.74. The summed E-state index contributed by atoms with van der Waals surface area (Å²) >= 11 is 0. The van der Waals surface area contributed by atoms with Crippen molar-refractivity contribution in [3.63, 3.8) is 0 Å². The summed E-state index contributed by atoms with van der Waals surface area (Å²) in [6.07, 6.45) is 1.71. The lowest BCUT2D eigenvalue weighted by atomic mass is 9.96. The number of aryl methyl sites for hydroxylation is 2. The van der Waals surface area contributed by atoms with E-state index in [4.69, 9.17) is 4.42 Å². The van der Waals surface area contributed by atoms with Crippen molar-refractivity contribution in [1.82, 2.24) is 15.6 Å². The van der Waals surface area contributed by atoms with E-state index in [0.717, 1.165) is 11.5 Å². The fourth-order valence-corrected chi connectivity index (χ4v) is 2.85. The normalized spacial score (nSPS) is 14.8. The number of carbonyl (C=O) groups excluding carboxylic acids is 1. The molecular weight excluding hydrogens is 318 g/mol. The molecule has 0 saturated carbocycles. The summed E-state index contributed by atoms with van der Waals surface area (Å²) in [4.78, 5) is 16.6. The molecule has 0 saturated heterocycles. The van der Waals surface area contributed by atoms with Gasteiger partial charge >= 0.3 is 6.03 Å². The molecule has 0 bridgehead atoms. The number of aromatic nitrogens is 1. The summed E-state index contributed by atoms with van der Waals surface area (Å²) in [6.45, 7) is 9.40. The summed E-state index contributed by atoms with van der Waals surface area (Å²) in [7, 11) is 0. The lowest BCUT2D eigenvalue weighted by Gasteiger charge is -2.26. The number of nitrogens with zero attached hydrogens (tertiary/aromatic N) is 1. The first kappa shape index (κ1) is 19.0. The van der Waals surface area contributed by atoms with E-state index in [2.05, 4.69) is 15.6 Å². The Morgan fingerprint density at radius 2 is 2.08 bits per heavy atom. The van der Waals surface area contributed by atoms with Crippen molar-refractivity contribution in [2.75, 3.05) is 6.54 Å². The van der Waals surface area contributed by atoms with Crippen LogP contribution in [0.5, 0.6) is 0 Å². The Hall–Kier alpha value is -2.34. The van der Waals surface area contributed by atoms with Crippen LogP contribution in [0.25, 0.3) is 0 Å². The van der Waals surface area contributed by atoms with Gasteiger partial charge in [-0.05, 0) is 44.9 Å². The molecule has 0 radical (unpaired) electrons. The van der Waals surface area contributed by atoms with E-state index in [-0.39, 0.29) is 24.5 Å². The van der Waals surface area contributed by atoms with Crippen molar-refractivity contribution in [2.24, 2.45) is 5.92 Å². The number of rotatable bonds is 6. The minimum Gasteiger partial charge on any atom is -0.466 e. The smallest absolute Gasteiger partial charge is 0.315 e. The molecule has 2 heterocycles. The van der Waals surface area contributed by atoms with Crippen LogP contribution in [-0.4, -0.2) is 22.7 Å². The van der Waals surface area contributed by atoms with Crippen molar-refractivity contribution >= 4 is 6.03 Å². The van der Waals surface area contributed by atoms with Crippen LogP contribution in [0.2, 0.25) is 0 Å². The third-order valence-corrected chi connectivity index (χ3v) is 4.17. The average molecular weight is 345 g/mol. The Morgan fingerprint density at radius 3 is 2.60 bits per heavy atom. The lowest BCUT2D eigenvalue weighted by Crippen LogP contribution is -2.45. The zero-order valence-corrected chi connectivity index (χ0v) is 15.5. The van der Waals surface area contributed by atoms with E-state index in [0.29, 0.717) is 11.3 Å². The molecule has 0 aliphatic rings. The van der Waals surface area contributed by atoms with Gasteiger partial charge in [-0.1, -0.05) is 19.9 Å². The molecule has 2 aromatic heterocycles. The molecule has 0 aliphatic heterocycles. The molecule has 0 unspecified atom stereocenters. The van der Waals surface area contributed by atoms with Gasteiger partial charge in [0.15, 0.2) is 0 Å². The molecule has 0 fully saturated rings. The highest BCUT2D eigenvalue weighted by Gasteiger charge is 2.29. The molecule has 25 heavy (non-hydrogen) atoms. The number of hydrogen-bond donors (Lipinski definition) is 3. The quantitative estimate of drug-likeness (QED) is 0.750. The topological polar surface area (TPSA) is 87.4 Å². The van der Waals surface area contributed by atoms with E-state index < -0.39 is 5.60 Å². The van der Waals surface area contributed by atoms with Crippen LogP contribution in [0.1, 0.15) is 49.6 Å². The Morgan fingerprint density at radius 1 is 1.36 bits per heavy atom. The van der Waals surface area contributed by atoms with Gasteiger partial charge in [0.1, 0.15) is 17.1 Å². The second kappa shape index (κ2) is 7.70. The van der Waals surface area contributed by atoms with Gasteiger partial charge in [0, 0.05) is 11.8 Å². The molecule has 2 amide bonds. The van der Waals surface area contributed by atoms with E-state index >= 15 is 0 Å². The Kier molecular flexibility index (Phi) is 5.85. The first-order valence-electron chi connectivity index (χ1n) is 8.46. The summed E-state index contributed by atoms with van der Waals surface area (Å²) < 4.78 is 5.46. The molecule has 0 aliphatic carbocycles. The highest BCUT2D eigenvalue weighted by atomic mass is 16.3. The number of furan rings is 1. The predicted octanol–water partition coefficient (Wildman–Crippen LogP) is 3.20. The zero-order valence-electron chi connectivity index (χ0n) is 15.5. The maximum Gasteiger partial charge on any atom is 0.315 e. The first-order chi connectivity index (χ1) is 11.7. The van der Waals surface area contributed by atoms with Crippen LogP contribution in [0, 0.1) is 19.8 Å². The van der Waals surface area contributed by atoms with Crippen LogP contribution >= 0.6 is 0 Å². The molecule has 6 heteroatoms. The van der Waals surface area contributed by atoms with Gasteiger partial charge in [-0.2, -0.15) is 0 Å². The molecule has 6 nitrogen and oxygen atoms in total. The molecule has 0 spiro atoms. The largest absolute Gasteiger partial charge is 0.466 e. The second-order valence-electron chi connectivity index (χ2n) is 6.90.